The van der Waals surface area contributed by atoms with Crippen LogP contribution >= 0.6 is 0 Å². The predicted octanol–water partition coefficient (Wildman–Crippen LogP) is 15.0. The SMILES string of the molecule is CC\C=C/C=C/C=C/C=C\C=C\C=C\CCCC(CC(=O)NC(CO)C(O)CCCCCCCCCCCCCCCCCCC)OC(=O)CCCCCCCCCCC. The van der Waals surface area contributed by atoms with Crippen LogP contribution in [0, 0.1) is 0 Å². The quantitative estimate of drug-likeness (QED) is 0.0323. The fraction of sp³-hybridized carbons (Fsp3) is 0.741. The first kappa shape index (κ1) is 57.3. The van der Waals surface area contributed by atoms with E-state index in [9.17, 15) is 19.8 Å². The average Bonchev–Trinajstić information content (AvgIpc) is 3.24. The minimum Gasteiger partial charge on any atom is -0.462 e. The Morgan fingerprint density at radius 3 is 1.33 bits per heavy atom. The van der Waals surface area contributed by atoms with Crippen molar-refractivity contribution in [2.24, 2.45) is 0 Å². The lowest BCUT2D eigenvalue weighted by molar-refractivity contribution is -0.151. The number of unbranched alkanes of at least 4 members (excludes halogenated alkanes) is 25. The van der Waals surface area contributed by atoms with Crippen LogP contribution in [0.3, 0.4) is 0 Å². The monoisotopic (exact) mass is 838 g/mol. The first-order chi connectivity index (χ1) is 29.5. The number of carbonyl (C=O) groups excluding carboxylic acids is 2. The van der Waals surface area contributed by atoms with Crippen LogP contribution in [0.4, 0.5) is 0 Å². The molecule has 3 N–H and O–H groups in total. The van der Waals surface area contributed by atoms with Crippen molar-refractivity contribution >= 4 is 11.9 Å². The average molecular weight is 838 g/mol. The van der Waals surface area contributed by atoms with Crippen molar-refractivity contribution in [3.63, 3.8) is 0 Å². The Balaban J connectivity index is 4.62. The zero-order chi connectivity index (χ0) is 43.8. The summed E-state index contributed by atoms with van der Waals surface area (Å²) in [7, 11) is 0. The molecule has 0 saturated carbocycles. The molecule has 1 amide bonds. The van der Waals surface area contributed by atoms with Crippen LogP contribution in [0.25, 0.3) is 0 Å². The zero-order valence-corrected chi connectivity index (χ0v) is 39.3. The van der Waals surface area contributed by atoms with Gasteiger partial charge in [0.05, 0.1) is 25.2 Å². The van der Waals surface area contributed by atoms with Crippen molar-refractivity contribution in [3.8, 4) is 0 Å². The number of hydrogen-bond donors (Lipinski definition) is 3. The van der Waals surface area contributed by atoms with Gasteiger partial charge in [-0.1, -0.05) is 254 Å². The molecule has 0 aliphatic carbocycles. The number of esters is 1. The van der Waals surface area contributed by atoms with Crippen LogP contribution in [-0.2, 0) is 14.3 Å². The molecule has 0 aliphatic heterocycles. The van der Waals surface area contributed by atoms with E-state index in [1.165, 1.54) is 128 Å². The van der Waals surface area contributed by atoms with Crippen LogP contribution in [0.2, 0.25) is 0 Å². The number of carbonyl (C=O) groups is 2. The molecule has 0 fully saturated rings. The highest BCUT2D eigenvalue weighted by Gasteiger charge is 2.24. The van der Waals surface area contributed by atoms with Crippen LogP contribution in [0.1, 0.15) is 233 Å². The summed E-state index contributed by atoms with van der Waals surface area (Å²) >= 11 is 0. The van der Waals surface area contributed by atoms with Gasteiger partial charge in [-0.2, -0.15) is 0 Å². The largest absolute Gasteiger partial charge is 0.462 e. The number of aliphatic hydroxyl groups is 2. The predicted molar refractivity (Wildman–Crippen MR) is 259 cm³/mol. The number of aliphatic hydroxyl groups excluding tert-OH is 2. The standard InChI is InChI=1S/C54H95NO5/c1-4-7-10-13-16-19-21-23-25-26-28-30-32-35-37-40-43-46-52(57)51(49-56)55-53(58)48-50(60-54(59)47-44-41-38-33-18-15-12-9-6-3)45-42-39-36-34-31-29-27-24-22-20-17-14-11-8-5-2/h8,11,14,17,20,22,24,27,29,31,34,36,50-52,56-57H,4-7,9-10,12-13,15-16,18-19,21,23,25-26,28,30,32-33,35,37-49H2,1-3H3,(H,55,58)/b11-8-,17-14+,22-20+,27-24-,31-29+,36-34+. The zero-order valence-electron chi connectivity index (χ0n) is 39.3. The first-order valence-electron chi connectivity index (χ1n) is 25.2. The van der Waals surface area contributed by atoms with Gasteiger partial charge < -0.3 is 20.3 Å². The maximum absolute atomic E-state index is 13.2. The number of allylic oxidation sites excluding steroid dienone is 12. The summed E-state index contributed by atoms with van der Waals surface area (Å²) in [5, 5.41) is 23.7. The van der Waals surface area contributed by atoms with E-state index in [1.807, 2.05) is 60.8 Å². The van der Waals surface area contributed by atoms with Crippen molar-refractivity contribution in [3.05, 3.63) is 72.9 Å². The van der Waals surface area contributed by atoms with E-state index in [1.54, 1.807) is 0 Å². The van der Waals surface area contributed by atoms with Gasteiger partial charge in [0, 0.05) is 6.42 Å². The molecule has 6 heteroatoms. The second-order valence-electron chi connectivity index (χ2n) is 17.0. The van der Waals surface area contributed by atoms with Crippen molar-refractivity contribution in [1.29, 1.82) is 0 Å². The Labute approximate surface area is 371 Å². The first-order valence-corrected chi connectivity index (χ1v) is 25.2. The van der Waals surface area contributed by atoms with Crippen molar-refractivity contribution in [2.45, 2.75) is 251 Å². The van der Waals surface area contributed by atoms with Gasteiger partial charge in [0.1, 0.15) is 6.10 Å². The molecule has 0 heterocycles. The molecule has 0 aliphatic rings. The summed E-state index contributed by atoms with van der Waals surface area (Å²) in [6.07, 6.45) is 59.7. The Morgan fingerprint density at radius 2 is 0.900 bits per heavy atom. The topological polar surface area (TPSA) is 95.9 Å². The third-order valence-corrected chi connectivity index (χ3v) is 11.2. The Kier molecular flexibility index (Phi) is 45.2. The number of nitrogens with one attached hydrogen (secondary N) is 1. The fourth-order valence-electron chi connectivity index (χ4n) is 7.41. The number of rotatable bonds is 44. The smallest absolute Gasteiger partial charge is 0.306 e. The van der Waals surface area contributed by atoms with Crippen LogP contribution in [-0.4, -0.2) is 46.9 Å². The van der Waals surface area contributed by atoms with E-state index in [0.717, 1.165) is 57.8 Å². The number of amides is 1. The molecule has 0 rings (SSSR count). The van der Waals surface area contributed by atoms with Gasteiger partial charge in [-0.25, -0.2) is 0 Å². The van der Waals surface area contributed by atoms with E-state index in [4.69, 9.17) is 4.74 Å². The maximum atomic E-state index is 13.2. The van der Waals surface area contributed by atoms with Gasteiger partial charge >= 0.3 is 5.97 Å². The van der Waals surface area contributed by atoms with Crippen molar-refractivity contribution in [2.75, 3.05) is 6.61 Å². The maximum Gasteiger partial charge on any atom is 0.306 e. The van der Waals surface area contributed by atoms with Crippen molar-refractivity contribution < 1.29 is 24.5 Å². The van der Waals surface area contributed by atoms with Crippen LogP contribution in [0.5, 0.6) is 0 Å². The van der Waals surface area contributed by atoms with Gasteiger partial charge in [0.25, 0.3) is 0 Å². The molecular formula is C54H95NO5. The molecule has 3 atom stereocenters. The third kappa shape index (κ3) is 42.0. The lowest BCUT2D eigenvalue weighted by Crippen LogP contribution is -2.46. The molecule has 6 nitrogen and oxygen atoms in total. The highest BCUT2D eigenvalue weighted by molar-refractivity contribution is 5.77. The molecular weight excluding hydrogens is 743 g/mol. The fourth-order valence-corrected chi connectivity index (χ4v) is 7.41. The highest BCUT2D eigenvalue weighted by Crippen LogP contribution is 2.17. The van der Waals surface area contributed by atoms with Gasteiger partial charge in [0.15, 0.2) is 0 Å². The summed E-state index contributed by atoms with van der Waals surface area (Å²) in [6.45, 7) is 6.30. The molecule has 0 radical (unpaired) electrons. The molecule has 0 aromatic heterocycles. The highest BCUT2D eigenvalue weighted by atomic mass is 16.5. The molecule has 0 spiro atoms. The lowest BCUT2D eigenvalue weighted by Gasteiger charge is -2.24. The summed E-state index contributed by atoms with van der Waals surface area (Å²) in [4.78, 5) is 26.0. The summed E-state index contributed by atoms with van der Waals surface area (Å²) in [5.74, 6) is -0.552. The molecule has 3 unspecified atom stereocenters. The molecule has 346 valence electrons. The van der Waals surface area contributed by atoms with E-state index in [-0.39, 0.29) is 24.9 Å². The Morgan fingerprint density at radius 1 is 0.500 bits per heavy atom. The van der Waals surface area contributed by atoms with E-state index >= 15 is 0 Å². The molecule has 60 heavy (non-hydrogen) atoms. The molecule has 0 aromatic rings. The third-order valence-electron chi connectivity index (χ3n) is 11.2. The Hall–Kier alpha value is -2.70. The summed E-state index contributed by atoms with van der Waals surface area (Å²) in [6, 6.07) is -0.726. The van der Waals surface area contributed by atoms with Gasteiger partial charge in [-0.05, 0) is 38.5 Å². The minimum absolute atomic E-state index is 0.0256. The lowest BCUT2D eigenvalue weighted by atomic mass is 10.0. The van der Waals surface area contributed by atoms with E-state index in [2.05, 4.69) is 38.2 Å². The molecule has 0 saturated heterocycles. The molecule has 0 bridgehead atoms. The van der Waals surface area contributed by atoms with Crippen LogP contribution in [0.15, 0.2) is 72.9 Å². The van der Waals surface area contributed by atoms with E-state index in [0.29, 0.717) is 19.3 Å². The number of ether oxygens (including phenoxy) is 1. The van der Waals surface area contributed by atoms with Gasteiger partial charge in [0.2, 0.25) is 5.91 Å². The van der Waals surface area contributed by atoms with Gasteiger partial charge in [-0.15, -0.1) is 0 Å². The number of hydrogen-bond acceptors (Lipinski definition) is 5. The molecule has 0 aromatic carbocycles. The summed E-state index contributed by atoms with van der Waals surface area (Å²) < 4.78 is 5.87. The minimum atomic E-state index is -0.809. The van der Waals surface area contributed by atoms with Crippen molar-refractivity contribution in [1.82, 2.24) is 5.32 Å². The summed E-state index contributed by atoms with van der Waals surface area (Å²) in [5.41, 5.74) is 0. The second-order valence-corrected chi connectivity index (χ2v) is 17.0. The van der Waals surface area contributed by atoms with E-state index < -0.39 is 18.2 Å². The Bertz CT molecular complexity index is 1120. The second kappa shape index (κ2) is 47.4. The van der Waals surface area contributed by atoms with Gasteiger partial charge in [-0.3, -0.25) is 9.59 Å². The normalized spacial score (nSPS) is 13.9. The van der Waals surface area contributed by atoms with Crippen LogP contribution < -0.4 is 5.32 Å².